The number of halogens is 1. The van der Waals surface area contributed by atoms with Gasteiger partial charge in [0.2, 0.25) is 0 Å². The molecule has 4 rings (SSSR count). The van der Waals surface area contributed by atoms with E-state index in [0.717, 1.165) is 22.3 Å². The summed E-state index contributed by atoms with van der Waals surface area (Å²) in [5.41, 5.74) is 3.88. The second-order valence-corrected chi connectivity index (χ2v) is 8.61. The monoisotopic (exact) mass is 465 g/mol. The summed E-state index contributed by atoms with van der Waals surface area (Å²) in [4.78, 5) is 27.8. The predicted octanol–water partition coefficient (Wildman–Crippen LogP) is 5.49. The molecule has 170 valence electrons. The number of carbonyl (C=O) groups excluding carboxylic acids is 2. The third kappa shape index (κ3) is 4.02. The number of furan rings is 1. The quantitative estimate of drug-likeness (QED) is 0.306. The van der Waals surface area contributed by atoms with Gasteiger partial charge in [0.25, 0.3) is 11.7 Å². The molecule has 6 nitrogen and oxygen atoms in total. The van der Waals surface area contributed by atoms with Crippen molar-refractivity contribution in [2.24, 2.45) is 0 Å². The zero-order chi connectivity index (χ0) is 23.9. The standard InChI is InChI=1S/C26H24ClNO5/c1-14-7-8-16(3)17(10-14)13-28-22(20-6-5-9-33-20)21(24(30)26(28)31)23(29)18-11-15(2)12-19(27)25(18)32-4/h5-12,22,29H,13H2,1-4H3/b23-21-. The van der Waals surface area contributed by atoms with E-state index in [-0.39, 0.29) is 29.2 Å². The third-order valence-corrected chi connectivity index (χ3v) is 6.13. The molecule has 0 saturated carbocycles. The van der Waals surface area contributed by atoms with Gasteiger partial charge in [-0.05, 0) is 61.7 Å². The van der Waals surface area contributed by atoms with Gasteiger partial charge in [-0.1, -0.05) is 35.4 Å². The molecule has 1 atom stereocenters. The van der Waals surface area contributed by atoms with E-state index in [1.165, 1.54) is 18.3 Å². The molecule has 2 aromatic carbocycles. The number of hydrogen-bond donors (Lipinski definition) is 1. The lowest BCUT2D eigenvalue weighted by molar-refractivity contribution is -0.140. The van der Waals surface area contributed by atoms with E-state index < -0.39 is 17.7 Å². The zero-order valence-corrected chi connectivity index (χ0v) is 19.6. The van der Waals surface area contributed by atoms with Crippen LogP contribution in [0.5, 0.6) is 5.75 Å². The van der Waals surface area contributed by atoms with E-state index in [1.807, 2.05) is 39.0 Å². The number of hydrogen-bond acceptors (Lipinski definition) is 5. The number of rotatable bonds is 5. The molecule has 0 aliphatic carbocycles. The van der Waals surface area contributed by atoms with Crippen molar-refractivity contribution < 1.29 is 23.8 Å². The summed E-state index contributed by atoms with van der Waals surface area (Å²) >= 11 is 6.32. The van der Waals surface area contributed by atoms with Gasteiger partial charge in [0.1, 0.15) is 23.3 Å². The Morgan fingerprint density at radius 1 is 1.12 bits per heavy atom. The fraction of sp³-hybridized carbons (Fsp3) is 0.231. The molecule has 1 unspecified atom stereocenters. The van der Waals surface area contributed by atoms with Gasteiger partial charge in [0.15, 0.2) is 0 Å². The highest BCUT2D eigenvalue weighted by molar-refractivity contribution is 6.46. The maximum absolute atomic E-state index is 13.2. The summed E-state index contributed by atoms with van der Waals surface area (Å²) in [5.74, 6) is -1.27. The van der Waals surface area contributed by atoms with E-state index >= 15 is 0 Å². The van der Waals surface area contributed by atoms with Gasteiger partial charge in [-0.15, -0.1) is 0 Å². The minimum atomic E-state index is -0.899. The van der Waals surface area contributed by atoms with Crippen LogP contribution in [0.4, 0.5) is 0 Å². The summed E-state index contributed by atoms with van der Waals surface area (Å²) in [6.45, 7) is 5.92. The summed E-state index contributed by atoms with van der Waals surface area (Å²) in [7, 11) is 1.43. The van der Waals surface area contributed by atoms with Crippen LogP contribution in [0, 0.1) is 20.8 Å². The third-order valence-electron chi connectivity index (χ3n) is 5.85. The van der Waals surface area contributed by atoms with Crippen molar-refractivity contribution in [1.82, 2.24) is 4.90 Å². The minimum absolute atomic E-state index is 0.0692. The second-order valence-electron chi connectivity index (χ2n) is 8.20. The molecule has 2 heterocycles. The molecule has 0 bridgehead atoms. The Balaban J connectivity index is 1.91. The first-order valence-electron chi connectivity index (χ1n) is 10.5. The topological polar surface area (TPSA) is 80.0 Å². The van der Waals surface area contributed by atoms with E-state index in [1.54, 1.807) is 24.3 Å². The van der Waals surface area contributed by atoms with Crippen LogP contribution in [-0.2, 0) is 16.1 Å². The lowest BCUT2D eigenvalue weighted by atomic mass is 9.97. The molecular formula is C26H24ClNO5. The number of aliphatic hydroxyl groups is 1. The molecular weight excluding hydrogens is 442 g/mol. The Morgan fingerprint density at radius 2 is 1.88 bits per heavy atom. The molecule has 3 aromatic rings. The SMILES string of the molecule is COc1c(Cl)cc(C)cc1/C(O)=C1/C(=O)C(=O)N(Cc2cc(C)ccc2C)C1c1ccco1. The van der Waals surface area contributed by atoms with Crippen LogP contribution in [0.3, 0.4) is 0 Å². The minimum Gasteiger partial charge on any atom is -0.507 e. The van der Waals surface area contributed by atoms with Gasteiger partial charge < -0.3 is 19.2 Å². The highest BCUT2D eigenvalue weighted by atomic mass is 35.5. The fourth-order valence-corrected chi connectivity index (χ4v) is 4.55. The average Bonchev–Trinajstić information content (AvgIpc) is 3.38. The van der Waals surface area contributed by atoms with Gasteiger partial charge in [0, 0.05) is 6.54 Å². The number of methoxy groups -OCH3 is 1. The molecule has 33 heavy (non-hydrogen) atoms. The second kappa shape index (κ2) is 8.79. The summed E-state index contributed by atoms with van der Waals surface area (Å²) in [6, 6.07) is 11.8. The Kier molecular flexibility index (Phi) is 6.04. The average molecular weight is 466 g/mol. The number of aliphatic hydroxyl groups excluding tert-OH is 1. The molecule has 1 saturated heterocycles. The normalized spacial score (nSPS) is 17.6. The van der Waals surface area contributed by atoms with Crippen molar-refractivity contribution >= 4 is 29.1 Å². The van der Waals surface area contributed by atoms with Crippen molar-refractivity contribution in [3.8, 4) is 5.75 Å². The Labute approximate surface area is 197 Å². The van der Waals surface area contributed by atoms with E-state index in [2.05, 4.69) is 0 Å². The van der Waals surface area contributed by atoms with Crippen LogP contribution in [0.15, 0.2) is 58.7 Å². The number of carbonyl (C=O) groups is 2. The van der Waals surface area contributed by atoms with Gasteiger partial charge in [-0.25, -0.2) is 0 Å². The molecule has 1 aromatic heterocycles. The first-order valence-corrected chi connectivity index (χ1v) is 10.8. The van der Waals surface area contributed by atoms with Gasteiger partial charge in [-0.2, -0.15) is 0 Å². The summed E-state index contributed by atoms with van der Waals surface area (Å²) in [6.07, 6.45) is 1.47. The van der Waals surface area contributed by atoms with Crippen LogP contribution in [-0.4, -0.2) is 28.8 Å². The van der Waals surface area contributed by atoms with Gasteiger partial charge >= 0.3 is 0 Å². The number of likely N-dealkylation sites (tertiary alicyclic amines) is 1. The highest BCUT2D eigenvalue weighted by Gasteiger charge is 2.47. The molecule has 1 fully saturated rings. The number of ketones is 1. The maximum atomic E-state index is 13.2. The van der Waals surface area contributed by atoms with Crippen LogP contribution in [0.25, 0.3) is 5.76 Å². The van der Waals surface area contributed by atoms with Crippen LogP contribution in [0.1, 0.15) is 39.6 Å². The molecule has 0 spiro atoms. The largest absolute Gasteiger partial charge is 0.507 e. The smallest absolute Gasteiger partial charge is 0.296 e. The predicted molar refractivity (Wildman–Crippen MR) is 125 cm³/mol. The van der Waals surface area contributed by atoms with Crippen LogP contribution in [0.2, 0.25) is 5.02 Å². The Bertz CT molecular complexity index is 1280. The van der Waals surface area contributed by atoms with Crippen molar-refractivity contribution in [1.29, 1.82) is 0 Å². The van der Waals surface area contributed by atoms with Crippen LogP contribution >= 0.6 is 11.6 Å². The Morgan fingerprint density at radius 3 is 2.55 bits per heavy atom. The molecule has 7 heteroatoms. The van der Waals surface area contributed by atoms with Crippen molar-refractivity contribution in [3.63, 3.8) is 0 Å². The van der Waals surface area contributed by atoms with E-state index in [9.17, 15) is 14.7 Å². The van der Waals surface area contributed by atoms with Crippen molar-refractivity contribution in [2.45, 2.75) is 33.4 Å². The fourth-order valence-electron chi connectivity index (χ4n) is 4.20. The van der Waals surface area contributed by atoms with E-state index in [4.69, 9.17) is 20.8 Å². The lowest BCUT2D eigenvalue weighted by Gasteiger charge is -2.24. The molecule has 1 amide bonds. The molecule has 1 N–H and O–H groups in total. The lowest BCUT2D eigenvalue weighted by Crippen LogP contribution is -2.29. The highest BCUT2D eigenvalue weighted by Crippen LogP contribution is 2.43. The first kappa shape index (κ1) is 22.7. The number of aryl methyl sites for hydroxylation is 3. The molecule has 1 aliphatic heterocycles. The van der Waals surface area contributed by atoms with Gasteiger partial charge in [0.05, 0.1) is 29.5 Å². The molecule has 0 radical (unpaired) electrons. The van der Waals surface area contributed by atoms with E-state index in [0.29, 0.717) is 10.8 Å². The number of benzene rings is 2. The van der Waals surface area contributed by atoms with Crippen LogP contribution < -0.4 is 4.74 Å². The zero-order valence-electron chi connectivity index (χ0n) is 18.8. The number of nitrogens with zero attached hydrogens (tertiary/aromatic N) is 1. The molecule has 1 aliphatic rings. The van der Waals surface area contributed by atoms with Gasteiger partial charge in [-0.3, -0.25) is 9.59 Å². The number of amides is 1. The maximum Gasteiger partial charge on any atom is 0.296 e. The summed E-state index contributed by atoms with van der Waals surface area (Å²) < 4.78 is 11.0. The Hall–Kier alpha value is -3.51. The first-order chi connectivity index (χ1) is 15.7. The number of Topliss-reactive ketones (excluding diaryl/α,β-unsaturated/α-hetero) is 1. The van der Waals surface area contributed by atoms with Crippen molar-refractivity contribution in [3.05, 3.63) is 92.9 Å². The van der Waals surface area contributed by atoms with Crippen molar-refractivity contribution in [2.75, 3.05) is 7.11 Å². The number of ether oxygens (including phenoxy) is 1. The summed E-state index contributed by atoms with van der Waals surface area (Å²) in [5, 5.41) is 11.6.